The first-order valence-electron chi connectivity index (χ1n) is 6.16. The molecule has 0 bridgehead atoms. The van der Waals surface area contributed by atoms with E-state index in [0.717, 1.165) is 0 Å². The zero-order valence-corrected chi connectivity index (χ0v) is 11.0. The number of rotatable bonds is 4. The third kappa shape index (κ3) is 3.85. The second kappa shape index (κ2) is 7.17. The average Bonchev–Trinajstić information content (AvgIpc) is 2.38. The number of carbonyl (C=O) groups is 2. The van der Waals surface area contributed by atoms with Gasteiger partial charge < -0.3 is 25.6 Å². The molecule has 1 fully saturated rings. The monoisotopic (exact) mass is 258 g/mol. The molecule has 0 saturated carbocycles. The maximum atomic E-state index is 11.9. The Morgan fingerprint density at radius 2 is 1.83 bits per heavy atom. The standard InChI is InChI=1S/C11H22N4O3/c1-3-13-11(17)15-6-4-14(5-7-15)10(16)9(12)8-18-2/h9H,3-8,12H2,1-2H3,(H,13,17). The zero-order chi connectivity index (χ0) is 13.5. The number of nitrogens with two attached hydrogens (primary N) is 1. The molecule has 1 aliphatic rings. The molecule has 1 saturated heterocycles. The highest BCUT2D eigenvalue weighted by molar-refractivity contribution is 5.82. The summed E-state index contributed by atoms with van der Waals surface area (Å²) < 4.78 is 4.86. The number of urea groups is 1. The van der Waals surface area contributed by atoms with Crippen molar-refractivity contribution in [1.29, 1.82) is 0 Å². The Morgan fingerprint density at radius 3 is 2.33 bits per heavy atom. The van der Waals surface area contributed by atoms with Gasteiger partial charge in [0, 0.05) is 39.8 Å². The lowest BCUT2D eigenvalue weighted by Gasteiger charge is -2.35. The van der Waals surface area contributed by atoms with E-state index in [0.29, 0.717) is 32.7 Å². The van der Waals surface area contributed by atoms with Gasteiger partial charge in [-0.2, -0.15) is 0 Å². The summed E-state index contributed by atoms with van der Waals surface area (Å²) in [6, 6.07) is -0.697. The normalized spacial score (nSPS) is 17.5. The summed E-state index contributed by atoms with van der Waals surface area (Å²) in [5, 5.41) is 2.74. The van der Waals surface area contributed by atoms with Gasteiger partial charge >= 0.3 is 6.03 Å². The molecule has 3 N–H and O–H groups in total. The smallest absolute Gasteiger partial charge is 0.317 e. The van der Waals surface area contributed by atoms with Gasteiger partial charge in [0.15, 0.2) is 0 Å². The molecule has 3 amide bonds. The molecule has 0 radical (unpaired) electrons. The van der Waals surface area contributed by atoms with Gasteiger partial charge in [0.1, 0.15) is 6.04 Å². The number of methoxy groups -OCH3 is 1. The number of nitrogens with zero attached hydrogens (tertiary/aromatic N) is 2. The minimum Gasteiger partial charge on any atom is -0.383 e. The van der Waals surface area contributed by atoms with Gasteiger partial charge in [-0.3, -0.25) is 4.79 Å². The predicted octanol–water partition coefficient (Wildman–Crippen LogP) is -1.17. The average molecular weight is 258 g/mol. The van der Waals surface area contributed by atoms with E-state index in [1.54, 1.807) is 9.80 Å². The lowest BCUT2D eigenvalue weighted by Crippen LogP contribution is -2.56. The Kier molecular flexibility index (Phi) is 5.87. The first-order valence-corrected chi connectivity index (χ1v) is 6.16. The molecule has 7 heteroatoms. The van der Waals surface area contributed by atoms with Crippen LogP contribution < -0.4 is 11.1 Å². The molecule has 0 aromatic heterocycles. The quantitative estimate of drug-likeness (QED) is 0.665. The highest BCUT2D eigenvalue weighted by Gasteiger charge is 2.26. The van der Waals surface area contributed by atoms with E-state index >= 15 is 0 Å². The molecular formula is C11H22N4O3. The fourth-order valence-corrected chi connectivity index (χ4v) is 1.88. The first kappa shape index (κ1) is 14.7. The van der Waals surface area contributed by atoms with Crippen LogP contribution >= 0.6 is 0 Å². The summed E-state index contributed by atoms with van der Waals surface area (Å²) in [5.74, 6) is -0.118. The lowest BCUT2D eigenvalue weighted by molar-refractivity contribution is -0.135. The van der Waals surface area contributed by atoms with Crippen LogP contribution in [-0.4, -0.2) is 74.2 Å². The lowest BCUT2D eigenvalue weighted by atomic mass is 10.2. The highest BCUT2D eigenvalue weighted by atomic mass is 16.5. The molecule has 1 aliphatic heterocycles. The van der Waals surface area contributed by atoms with Gasteiger partial charge in [0.2, 0.25) is 5.91 Å². The third-order valence-corrected chi connectivity index (χ3v) is 2.87. The van der Waals surface area contributed by atoms with Gasteiger partial charge in [-0.15, -0.1) is 0 Å². The van der Waals surface area contributed by atoms with Gasteiger partial charge in [-0.05, 0) is 6.92 Å². The summed E-state index contributed by atoms with van der Waals surface area (Å²) in [6.45, 7) is 4.82. The molecule has 1 rings (SSSR count). The Morgan fingerprint density at radius 1 is 1.28 bits per heavy atom. The second-order valence-corrected chi connectivity index (χ2v) is 4.21. The Labute approximate surface area is 107 Å². The minimum absolute atomic E-state index is 0.0780. The van der Waals surface area contributed by atoms with Crippen molar-refractivity contribution in [2.24, 2.45) is 5.73 Å². The fraction of sp³-hybridized carbons (Fsp3) is 0.818. The predicted molar refractivity (Wildman–Crippen MR) is 67.1 cm³/mol. The largest absolute Gasteiger partial charge is 0.383 e. The van der Waals surface area contributed by atoms with Gasteiger partial charge in [-0.25, -0.2) is 4.79 Å². The summed E-state index contributed by atoms with van der Waals surface area (Å²) in [5.41, 5.74) is 5.69. The Balaban J connectivity index is 2.39. The number of carbonyl (C=O) groups excluding carboxylic acids is 2. The number of nitrogens with one attached hydrogen (secondary N) is 1. The van der Waals surface area contributed by atoms with Crippen LogP contribution in [0.2, 0.25) is 0 Å². The van der Waals surface area contributed by atoms with Crippen LogP contribution in [0.5, 0.6) is 0 Å². The number of amides is 3. The second-order valence-electron chi connectivity index (χ2n) is 4.21. The number of ether oxygens (including phenoxy) is 1. The maximum Gasteiger partial charge on any atom is 0.317 e. The molecule has 0 aliphatic carbocycles. The molecule has 1 heterocycles. The number of piperazine rings is 1. The molecule has 7 nitrogen and oxygen atoms in total. The van der Waals surface area contributed by atoms with Gasteiger partial charge in [0.25, 0.3) is 0 Å². The zero-order valence-electron chi connectivity index (χ0n) is 11.0. The number of hydrogen-bond acceptors (Lipinski definition) is 4. The van der Waals surface area contributed by atoms with Crippen molar-refractivity contribution in [2.75, 3.05) is 46.4 Å². The van der Waals surface area contributed by atoms with E-state index in [1.807, 2.05) is 6.92 Å². The van der Waals surface area contributed by atoms with Crippen LogP contribution in [0, 0.1) is 0 Å². The van der Waals surface area contributed by atoms with Crippen LogP contribution in [0.3, 0.4) is 0 Å². The summed E-state index contributed by atoms with van der Waals surface area (Å²) in [7, 11) is 1.51. The van der Waals surface area contributed by atoms with Crippen molar-refractivity contribution in [3.05, 3.63) is 0 Å². The van der Waals surface area contributed by atoms with E-state index in [2.05, 4.69) is 5.32 Å². The topological polar surface area (TPSA) is 87.9 Å². The van der Waals surface area contributed by atoms with Crippen molar-refractivity contribution < 1.29 is 14.3 Å². The van der Waals surface area contributed by atoms with Crippen molar-refractivity contribution >= 4 is 11.9 Å². The van der Waals surface area contributed by atoms with Crippen LogP contribution in [-0.2, 0) is 9.53 Å². The summed E-state index contributed by atoms with van der Waals surface area (Å²) >= 11 is 0. The molecular weight excluding hydrogens is 236 g/mol. The van der Waals surface area contributed by atoms with E-state index in [9.17, 15) is 9.59 Å². The van der Waals surface area contributed by atoms with Crippen LogP contribution in [0.15, 0.2) is 0 Å². The molecule has 104 valence electrons. The van der Waals surface area contributed by atoms with E-state index < -0.39 is 6.04 Å². The van der Waals surface area contributed by atoms with Crippen LogP contribution in [0.1, 0.15) is 6.92 Å². The third-order valence-electron chi connectivity index (χ3n) is 2.87. The molecule has 18 heavy (non-hydrogen) atoms. The summed E-state index contributed by atoms with van der Waals surface area (Å²) in [6.07, 6.45) is 0. The van der Waals surface area contributed by atoms with E-state index in [-0.39, 0.29) is 18.5 Å². The molecule has 1 unspecified atom stereocenters. The van der Waals surface area contributed by atoms with Crippen molar-refractivity contribution in [1.82, 2.24) is 15.1 Å². The molecule has 0 spiro atoms. The first-order chi connectivity index (χ1) is 8.60. The van der Waals surface area contributed by atoms with Crippen molar-refractivity contribution in [2.45, 2.75) is 13.0 Å². The highest BCUT2D eigenvalue weighted by Crippen LogP contribution is 2.04. The van der Waals surface area contributed by atoms with Gasteiger partial charge in [0.05, 0.1) is 6.61 Å². The summed E-state index contributed by atoms with van der Waals surface area (Å²) in [4.78, 5) is 26.9. The van der Waals surface area contributed by atoms with Crippen molar-refractivity contribution in [3.8, 4) is 0 Å². The molecule has 0 aromatic carbocycles. The van der Waals surface area contributed by atoms with Crippen molar-refractivity contribution in [3.63, 3.8) is 0 Å². The van der Waals surface area contributed by atoms with Gasteiger partial charge in [-0.1, -0.05) is 0 Å². The SMILES string of the molecule is CCNC(=O)N1CCN(C(=O)C(N)COC)CC1. The Hall–Kier alpha value is -1.34. The fourth-order valence-electron chi connectivity index (χ4n) is 1.88. The maximum absolute atomic E-state index is 11.9. The van der Waals surface area contributed by atoms with Crippen LogP contribution in [0.25, 0.3) is 0 Å². The number of hydrogen-bond donors (Lipinski definition) is 2. The van der Waals surface area contributed by atoms with Crippen LogP contribution in [0.4, 0.5) is 4.79 Å². The minimum atomic E-state index is -0.619. The molecule has 0 aromatic rings. The van der Waals surface area contributed by atoms with E-state index in [1.165, 1.54) is 7.11 Å². The molecule has 1 atom stereocenters. The Bertz CT molecular complexity index is 290. The van der Waals surface area contributed by atoms with E-state index in [4.69, 9.17) is 10.5 Å².